The summed E-state index contributed by atoms with van der Waals surface area (Å²) in [6.45, 7) is 4.25. The number of sulfone groups is 1. The van der Waals surface area contributed by atoms with Crippen LogP contribution in [0.2, 0.25) is 0 Å². The van der Waals surface area contributed by atoms with Crippen LogP contribution in [0.5, 0.6) is 0 Å². The highest BCUT2D eigenvalue weighted by atomic mass is 32.2. The van der Waals surface area contributed by atoms with Crippen LogP contribution in [0.1, 0.15) is 39.5 Å². The van der Waals surface area contributed by atoms with Crippen LogP contribution in [-0.4, -0.2) is 66.6 Å². The lowest BCUT2D eigenvalue weighted by Gasteiger charge is -2.32. The third-order valence-electron chi connectivity index (χ3n) is 4.32. The molecule has 2 rings (SSSR count). The summed E-state index contributed by atoms with van der Waals surface area (Å²) in [4.78, 5) is 37.9. The molecule has 0 N–H and O–H groups in total. The summed E-state index contributed by atoms with van der Waals surface area (Å²) in [6, 6.07) is 0. The molecular weight excluding hydrogens is 320 g/mol. The molecule has 23 heavy (non-hydrogen) atoms. The van der Waals surface area contributed by atoms with Gasteiger partial charge in [-0.25, -0.2) is 8.42 Å². The van der Waals surface area contributed by atoms with Crippen LogP contribution in [0, 0.1) is 5.92 Å². The fourth-order valence-corrected chi connectivity index (χ4v) is 5.23. The largest absolute Gasteiger partial charge is 0.341 e. The first-order chi connectivity index (χ1) is 10.7. The van der Waals surface area contributed by atoms with E-state index in [1.165, 1.54) is 0 Å². The number of likely N-dealkylation sites (tertiary alicyclic amines) is 2. The molecule has 0 aromatic rings. The number of piperidine rings is 1. The van der Waals surface area contributed by atoms with E-state index in [1.807, 2.05) is 13.8 Å². The van der Waals surface area contributed by atoms with Crippen molar-refractivity contribution >= 4 is 27.6 Å². The molecule has 2 aliphatic rings. The maximum atomic E-state index is 12.2. The van der Waals surface area contributed by atoms with E-state index in [9.17, 15) is 22.8 Å². The van der Waals surface area contributed by atoms with Gasteiger partial charge in [0, 0.05) is 25.9 Å². The molecule has 0 radical (unpaired) electrons. The van der Waals surface area contributed by atoms with E-state index in [1.54, 1.807) is 4.90 Å². The number of carbonyl (C=O) groups is 3. The monoisotopic (exact) mass is 344 g/mol. The first-order valence-corrected chi connectivity index (χ1v) is 9.75. The summed E-state index contributed by atoms with van der Waals surface area (Å²) in [5.74, 6) is -0.641. The molecule has 0 aliphatic carbocycles. The predicted molar refractivity (Wildman–Crippen MR) is 84.2 cm³/mol. The van der Waals surface area contributed by atoms with Gasteiger partial charge in [-0.05, 0) is 18.8 Å². The SMILES string of the molecule is CC(C)CS(=O)(=O)C1CCN(C(=O)CN2C(=O)CCC2=O)CC1. The lowest BCUT2D eigenvalue weighted by atomic mass is 10.1. The Morgan fingerprint density at radius 2 is 1.65 bits per heavy atom. The molecule has 8 heteroatoms. The van der Waals surface area contributed by atoms with Gasteiger partial charge in [-0.2, -0.15) is 0 Å². The second-order valence-corrected chi connectivity index (χ2v) is 9.00. The standard InChI is InChI=1S/C15H24N2O5S/c1-11(2)10-23(21,22)12-5-7-16(8-6-12)15(20)9-17-13(18)3-4-14(17)19/h11-12H,3-10H2,1-2H3. The molecule has 2 heterocycles. The fraction of sp³-hybridized carbons (Fsp3) is 0.800. The van der Waals surface area contributed by atoms with Crippen molar-refractivity contribution in [3.63, 3.8) is 0 Å². The van der Waals surface area contributed by atoms with Crippen molar-refractivity contribution in [1.82, 2.24) is 9.80 Å². The van der Waals surface area contributed by atoms with E-state index in [0.29, 0.717) is 25.9 Å². The Bertz CT molecular complexity index is 575. The van der Waals surface area contributed by atoms with Gasteiger partial charge in [0.05, 0.1) is 11.0 Å². The lowest BCUT2D eigenvalue weighted by Crippen LogP contribution is -2.47. The van der Waals surface area contributed by atoms with E-state index in [2.05, 4.69) is 0 Å². The average molecular weight is 344 g/mol. The van der Waals surface area contributed by atoms with Gasteiger partial charge in [0.2, 0.25) is 17.7 Å². The third-order valence-corrected chi connectivity index (χ3v) is 6.93. The van der Waals surface area contributed by atoms with Crippen LogP contribution in [0.3, 0.4) is 0 Å². The van der Waals surface area contributed by atoms with Crippen molar-refractivity contribution < 1.29 is 22.8 Å². The molecular formula is C15H24N2O5S. The molecule has 0 saturated carbocycles. The van der Waals surface area contributed by atoms with Gasteiger partial charge in [0.1, 0.15) is 6.54 Å². The quantitative estimate of drug-likeness (QED) is 0.664. The topological polar surface area (TPSA) is 91.8 Å². The van der Waals surface area contributed by atoms with Gasteiger partial charge in [-0.15, -0.1) is 0 Å². The van der Waals surface area contributed by atoms with Crippen molar-refractivity contribution in [2.24, 2.45) is 5.92 Å². The fourth-order valence-electron chi connectivity index (χ4n) is 3.10. The van der Waals surface area contributed by atoms with Crippen LogP contribution in [0.4, 0.5) is 0 Å². The summed E-state index contributed by atoms with van der Waals surface area (Å²) < 4.78 is 24.5. The van der Waals surface area contributed by atoms with Gasteiger partial charge in [0.15, 0.2) is 9.84 Å². The highest BCUT2D eigenvalue weighted by Gasteiger charge is 2.35. The second-order valence-electron chi connectivity index (χ2n) is 6.68. The highest BCUT2D eigenvalue weighted by molar-refractivity contribution is 7.92. The lowest BCUT2D eigenvalue weighted by molar-refractivity contribution is -0.145. The van der Waals surface area contributed by atoms with Crippen LogP contribution in [0.15, 0.2) is 0 Å². The molecule has 0 bridgehead atoms. The van der Waals surface area contributed by atoms with Crippen LogP contribution < -0.4 is 0 Å². The zero-order valence-corrected chi connectivity index (χ0v) is 14.5. The summed E-state index contributed by atoms with van der Waals surface area (Å²) in [6.07, 6.45) is 1.18. The molecule has 2 fully saturated rings. The van der Waals surface area contributed by atoms with Crippen LogP contribution in [0.25, 0.3) is 0 Å². The van der Waals surface area contributed by atoms with Crippen LogP contribution >= 0.6 is 0 Å². The number of nitrogens with zero attached hydrogens (tertiary/aromatic N) is 2. The normalized spacial score (nSPS) is 20.7. The van der Waals surface area contributed by atoms with Crippen molar-refractivity contribution in [3.05, 3.63) is 0 Å². The summed E-state index contributed by atoms with van der Waals surface area (Å²) >= 11 is 0. The number of amides is 3. The molecule has 0 atom stereocenters. The predicted octanol–water partition coefficient (Wildman–Crippen LogP) is 0.197. The molecule has 0 aromatic carbocycles. The number of hydrogen-bond donors (Lipinski definition) is 0. The molecule has 130 valence electrons. The van der Waals surface area contributed by atoms with Crippen LogP contribution in [-0.2, 0) is 24.2 Å². The molecule has 2 aliphatic heterocycles. The molecule has 7 nitrogen and oxygen atoms in total. The third kappa shape index (κ3) is 4.31. The number of rotatable bonds is 5. The number of hydrogen-bond acceptors (Lipinski definition) is 5. The molecule has 0 spiro atoms. The smallest absolute Gasteiger partial charge is 0.242 e. The Balaban J connectivity index is 1.88. The summed E-state index contributed by atoms with van der Waals surface area (Å²) in [5, 5.41) is -0.399. The van der Waals surface area contributed by atoms with Gasteiger partial charge in [-0.3, -0.25) is 19.3 Å². The van der Waals surface area contributed by atoms with Gasteiger partial charge in [0.25, 0.3) is 0 Å². The first-order valence-electron chi connectivity index (χ1n) is 8.03. The summed E-state index contributed by atoms with van der Waals surface area (Å²) in [7, 11) is -3.13. The molecule has 3 amide bonds. The van der Waals surface area contributed by atoms with Gasteiger partial charge in [-0.1, -0.05) is 13.8 Å². The Labute approximate surface area is 136 Å². The summed E-state index contributed by atoms with van der Waals surface area (Å²) in [5.41, 5.74) is 0. The number of carbonyl (C=O) groups excluding carboxylic acids is 3. The van der Waals surface area contributed by atoms with E-state index in [0.717, 1.165) is 4.90 Å². The molecule has 2 saturated heterocycles. The average Bonchev–Trinajstić information content (AvgIpc) is 2.78. The van der Waals surface area contributed by atoms with Gasteiger partial charge >= 0.3 is 0 Å². The highest BCUT2D eigenvalue weighted by Crippen LogP contribution is 2.21. The minimum absolute atomic E-state index is 0.0897. The Kier molecular flexibility index (Phi) is 5.44. The molecule has 0 aromatic heterocycles. The van der Waals surface area contributed by atoms with E-state index in [4.69, 9.17) is 0 Å². The minimum atomic E-state index is -3.13. The van der Waals surface area contributed by atoms with E-state index >= 15 is 0 Å². The molecule has 0 unspecified atom stereocenters. The minimum Gasteiger partial charge on any atom is -0.341 e. The zero-order chi connectivity index (χ0) is 17.2. The van der Waals surface area contributed by atoms with E-state index in [-0.39, 0.29) is 48.8 Å². The first kappa shape index (κ1) is 17.9. The van der Waals surface area contributed by atoms with Crippen molar-refractivity contribution in [3.8, 4) is 0 Å². The maximum absolute atomic E-state index is 12.2. The maximum Gasteiger partial charge on any atom is 0.242 e. The Morgan fingerprint density at radius 1 is 1.13 bits per heavy atom. The second kappa shape index (κ2) is 6.98. The number of imide groups is 1. The van der Waals surface area contributed by atoms with E-state index < -0.39 is 15.1 Å². The van der Waals surface area contributed by atoms with Crippen molar-refractivity contribution in [2.75, 3.05) is 25.4 Å². The zero-order valence-electron chi connectivity index (χ0n) is 13.7. The van der Waals surface area contributed by atoms with Crippen molar-refractivity contribution in [1.29, 1.82) is 0 Å². The van der Waals surface area contributed by atoms with Crippen molar-refractivity contribution in [2.45, 2.75) is 44.8 Å². The Hall–Kier alpha value is -1.44. The van der Waals surface area contributed by atoms with Gasteiger partial charge < -0.3 is 4.90 Å². The Morgan fingerprint density at radius 3 is 2.13 bits per heavy atom.